The van der Waals surface area contributed by atoms with Crippen molar-refractivity contribution in [3.8, 4) is 11.1 Å². The Morgan fingerprint density at radius 1 is 0.892 bits per heavy atom. The molecule has 0 aliphatic carbocycles. The van der Waals surface area contributed by atoms with Gasteiger partial charge in [0.2, 0.25) is 0 Å². The highest BCUT2D eigenvalue weighted by atomic mass is 79.9. The van der Waals surface area contributed by atoms with Crippen molar-refractivity contribution in [2.75, 3.05) is 5.32 Å². The lowest BCUT2D eigenvalue weighted by atomic mass is 9.97. The van der Waals surface area contributed by atoms with Gasteiger partial charge in [-0.2, -0.15) is 0 Å². The van der Waals surface area contributed by atoms with Crippen LogP contribution in [0.15, 0.2) is 102 Å². The third kappa shape index (κ3) is 4.88. The van der Waals surface area contributed by atoms with Gasteiger partial charge in [0.05, 0.1) is 11.3 Å². The first kappa shape index (κ1) is 24.7. The van der Waals surface area contributed by atoms with E-state index >= 15 is 0 Å². The number of benzene rings is 4. The number of nitrogens with zero attached hydrogens (tertiary/aromatic N) is 1. The second kappa shape index (κ2) is 10.2. The lowest BCUT2D eigenvalue weighted by Gasteiger charge is -2.34. The molecule has 4 aromatic rings. The van der Waals surface area contributed by atoms with E-state index in [1.807, 2.05) is 36.4 Å². The van der Waals surface area contributed by atoms with Crippen LogP contribution in [0.4, 0.5) is 5.69 Å². The van der Waals surface area contributed by atoms with E-state index in [-0.39, 0.29) is 5.56 Å². The highest BCUT2D eigenvalue weighted by Gasteiger charge is 2.44. The Labute approximate surface area is 226 Å². The molecule has 0 saturated carbocycles. The van der Waals surface area contributed by atoms with Crippen LogP contribution in [0.25, 0.3) is 11.1 Å². The number of carbonyl (C=O) groups is 3. The monoisotopic (exact) mass is 574 g/mol. The first-order chi connectivity index (χ1) is 17.8. The normalized spacial score (nSPS) is 15.9. The van der Waals surface area contributed by atoms with Crippen molar-refractivity contribution in [3.05, 3.63) is 123 Å². The Kier molecular flexibility index (Phi) is 6.82. The topological polar surface area (TPSA) is 86.7 Å². The highest BCUT2D eigenvalue weighted by Crippen LogP contribution is 2.39. The summed E-state index contributed by atoms with van der Waals surface area (Å²) in [5.41, 5.74) is 2.97. The van der Waals surface area contributed by atoms with Crippen molar-refractivity contribution < 1.29 is 19.5 Å². The molecule has 5 rings (SSSR count). The third-order valence-corrected chi connectivity index (χ3v) is 7.04. The van der Waals surface area contributed by atoms with Gasteiger partial charge in [0, 0.05) is 9.50 Å². The molecule has 0 aromatic heterocycles. The molecule has 184 valence electrons. The maximum Gasteiger partial charge on any atom is 0.331 e. The zero-order chi connectivity index (χ0) is 26.1. The summed E-state index contributed by atoms with van der Waals surface area (Å²) in [5.74, 6) is -2.36. The maximum atomic E-state index is 14.2. The van der Waals surface area contributed by atoms with Crippen LogP contribution in [-0.2, 0) is 9.59 Å². The molecule has 0 bridgehead atoms. The van der Waals surface area contributed by atoms with Crippen LogP contribution in [0.3, 0.4) is 0 Å². The van der Waals surface area contributed by atoms with Gasteiger partial charge in [-0.15, -0.1) is 0 Å². The van der Waals surface area contributed by atoms with Gasteiger partial charge >= 0.3 is 5.97 Å². The number of fused-ring (bicyclic) bond motifs is 1. The number of halogens is 2. The minimum absolute atomic E-state index is 0.203. The number of nitrogens with one attached hydrogen (secondary N) is 1. The average Bonchev–Trinajstić information content (AvgIpc) is 3.00. The number of amides is 2. The van der Waals surface area contributed by atoms with Gasteiger partial charge in [0.15, 0.2) is 6.04 Å². The zero-order valence-electron chi connectivity index (χ0n) is 19.3. The molecule has 0 radical (unpaired) electrons. The number of carboxylic acids is 1. The van der Waals surface area contributed by atoms with Crippen molar-refractivity contribution in [2.24, 2.45) is 0 Å². The summed E-state index contributed by atoms with van der Waals surface area (Å²) in [4.78, 5) is 41.8. The lowest BCUT2D eigenvalue weighted by Crippen LogP contribution is -2.44. The maximum absolute atomic E-state index is 14.2. The van der Waals surface area contributed by atoms with Crippen LogP contribution in [-0.4, -0.2) is 27.8 Å². The summed E-state index contributed by atoms with van der Waals surface area (Å²) in [5, 5.41) is 13.6. The van der Waals surface area contributed by atoms with Gasteiger partial charge < -0.3 is 15.3 Å². The third-order valence-electron chi connectivity index (χ3n) is 6.26. The van der Waals surface area contributed by atoms with Gasteiger partial charge in [-0.1, -0.05) is 88.2 Å². The van der Waals surface area contributed by atoms with Gasteiger partial charge in [0.25, 0.3) is 11.8 Å². The molecule has 1 aliphatic heterocycles. The number of hydrogen-bond acceptors (Lipinski definition) is 3. The van der Waals surface area contributed by atoms with Crippen LogP contribution in [0.1, 0.15) is 33.6 Å². The first-order valence-electron chi connectivity index (χ1n) is 11.4. The van der Waals surface area contributed by atoms with Crippen LogP contribution in [0.2, 0.25) is 5.02 Å². The van der Waals surface area contributed by atoms with Crippen LogP contribution >= 0.6 is 27.5 Å². The smallest absolute Gasteiger partial charge is 0.331 e. The van der Waals surface area contributed by atoms with Gasteiger partial charge in [-0.25, -0.2) is 4.79 Å². The Morgan fingerprint density at radius 3 is 2.22 bits per heavy atom. The fourth-order valence-electron chi connectivity index (χ4n) is 4.51. The van der Waals surface area contributed by atoms with E-state index in [1.165, 1.54) is 0 Å². The van der Waals surface area contributed by atoms with E-state index in [4.69, 9.17) is 11.6 Å². The molecule has 37 heavy (non-hydrogen) atoms. The van der Waals surface area contributed by atoms with Crippen molar-refractivity contribution in [2.45, 2.75) is 12.1 Å². The molecule has 8 heteroatoms. The quantitative estimate of drug-likeness (QED) is 0.276. The largest absolute Gasteiger partial charge is 0.479 e. The second-order valence-electron chi connectivity index (χ2n) is 8.57. The standard InChI is InChI=1S/C29H20BrClN2O4/c30-21-11-6-18(7-12-21)25-27(34)32-24-15-10-20(17-4-2-1-3-5-17)16-23(24)28(35)33(25)26(29(36)37)19-8-13-22(31)14-9-19/h1-16,25-26H,(H,32,34)(H,36,37). The summed E-state index contributed by atoms with van der Waals surface area (Å²) in [7, 11) is 0. The summed E-state index contributed by atoms with van der Waals surface area (Å²) in [6, 6.07) is 25.1. The lowest BCUT2D eigenvalue weighted by molar-refractivity contribution is -0.144. The summed E-state index contributed by atoms with van der Waals surface area (Å²) >= 11 is 9.43. The number of rotatable bonds is 5. The molecule has 2 N–H and O–H groups in total. The molecule has 2 atom stereocenters. The summed E-state index contributed by atoms with van der Waals surface area (Å²) in [6.45, 7) is 0. The van der Waals surface area contributed by atoms with Crippen LogP contribution < -0.4 is 5.32 Å². The Bertz CT molecular complexity index is 1490. The molecule has 2 amide bonds. The molecule has 0 saturated heterocycles. The first-order valence-corrected chi connectivity index (χ1v) is 12.6. The fourth-order valence-corrected chi connectivity index (χ4v) is 4.91. The molecule has 2 unspecified atom stereocenters. The number of hydrogen-bond donors (Lipinski definition) is 2. The molecule has 4 aromatic carbocycles. The van der Waals surface area contributed by atoms with Crippen molar-refractivity contribution in [3.63, 3.8) is 0 Å². The van der Waals surface area contributed by atoms with E-state index in [9.17, 15) is 19.5 Å². The summed E-state index contributed by atoms with van der Waals surface area (Å²) < 4.78 is 0.784. The number of anilines is 1. The number of carboxylic acid groups (broad SMARTS) is 1. The van der Waals surface area contributed by atoms with Crippen molar-refractivity contribution in [1.29, 1.82) is 0 Å². The van der Waals surface area contributed by atoms with E-state index in [0.717, 1.165) is 20.5 Å². The fraction of sp³-hybridized carbons (Fsp3) is 0.0690. The van der Waals surface area contributed by atoms with Gasteiger partial charge in [-0.3, -0.25) is 9.59 Å². The molecular formula is C29H20BrClN2O4. The van der Waals surface area contributed by atoms with Gasteiger partial charge in [-0.05, 0) is 58.7 Å². The van der Waals surface area contributed by atoms with E-state index in [1.54, 1.807) is 60.7 Å². The SMILES string of the molecule is O=C(O)C(c1ccc(Cl)cc1)N1C(=O)c2cc(-c3ccccc3)ccc2NC(=O)C1c1ccc(Br)cc1. The highest BCUT2D eigenvalue weighted by molar-refractivity contribution is 9.10. The van der Waals surface area contributed by atoms with Crippen molar-refractivity contribution >= 4 is 51.0 Å². The van der Waals surface area contributed by atoms with Crippen LogP contribution in [0.5, 0.6) is 0 Å². The number of aliphatic carboxylic acids is 1. The van der Waals surface area contributed by atoms with E-state index < -0.39 is 29.9 Å². The molecule has 6 nitrogen and oxygen atoms in total. The summed E-state index contributed by atoms with van der Waals surface area (Å²) in [6.07, 6.45) is 0. The number of carbonyl (C=O) groups excluding carboxylic acids is 2. The predicted octanol–water partition coefficient (Wildman–Crippen LogP) is 6.73. The van der Waals surface area contributed by atoms with E-state index in [2.05, 4.69) is 21.2 Å². The minimum Gasteiger partial charge on any atom is -0.479 e. The second-order valence-corrected chi connectivity index (χ2v) is 9.93. The average molecular weight is 576 g/mol. The molecular weight excluding hydrogens is 556 g/mol. The van der Waals surface area contributed by atoms with Crippen LogP contribution in [0, 0.1) is 0 Å². The van der Waals surface area contributed by atoms with E-state index in [0.29, 0.717) is 21.8 Å². The molecule has 0 fully saturated rings. The zero-order valence-corrected chi connectivity index (χ0v) is 21.6. The molecule has 1 heterocycles. The van der Waals surface area contributed by atoms with Gasteiger partial charge in [0.1, 0.15) is 6.04 Å². The Balaban J connectivity index is 1.71. The van der Waals surface area contributed by atoms with Crippen molar-refractivity contribution in [1.82, 2.24) is 4.90 Å². The Hall–Kier alpha value is -3.94. The predicted molar refractivity (Wildman–Crippen MR) is 145 cm³/mol. The Morgan fingerprint density at radius 2 is 1.57 bits per heavy atom. The molecule has 1 aliphatic rings. The molecule has 0 spiro atoms. The minimum atomic E-state index is -1.45.